The predicted molar refractivity (Wildman–Crippen MR) is 106 cm³/mol. The molecular formula is C21H23N3O5. The molecule has 2 aromatic rings. The number of nitrogens with one attached hydrogen (secondary N) is 3. The summed E-state index contributed by atoms with van der Waals surface area (Å²) in [5, 5.41) is 7.25. The van der Waals surface area contributed by atoms with Crippen molar-refractivity contribution in [3.05, 3.63) is 71.8 Å². The highest BCUT2D eigenvalue weighted by molar-refractivity contribution is 5.96. The summed E-state index contributed by atoms with van der Waals surface area (Å²) in [7, 11) is 0. The molecule has 0 aromatic heterocycles. The van der Waals surface area contributed by atoms with Gasteiger partial charge in [0.15, 0.2) is 6.61 Å². The van der Waals surface area contributed by atoms with Gasteiger partial charge in [0.05, 0.1) is 12.5 Å². The number of hydrogen-bond acceptors (Lipinski definition) is 5. The van der Waals surface area contributed by atoms with Crippen molar-refractivity contribution in [1.29, 1.82) is 0 Å². The third-order valence-electron chi connectivity index (χ3n) is 3.87. The Kier molecular flexibility index (Phi) is 8.37. The number of urea groups is 1. The number of carbonyl (C=O) groups excluding carboxylic acids is 4. The lowest BCUT2D eigenvalue weighted by molar-refractivity contribution is -0.148. The van der Waals surface area contributed by atoms with Gasteiger partial charge in [0.2, 0.25) is 0 Å². The van der Waals surface area contributed by atoms with Crippen molar-refractivity contribution < 1.29 is 23.9 Å². The molecule has 0 unspecified atom stereocenters. The molecule has 1 atom stereocenters. The highest BCUT2D eigenvalue weighted by Gasteiger charge is 2.21. The van der Waals surface area contributed by atoms with E-state index in [1.165, 1.54) is 0 Å². The molecule has 2 rings (SSSR count). The van der Waals surface area contributed by atoms with Gasteiger partial charge in [0, 0.05) is 12.1 Å². The molecule has 2 aromatic carbocycles. The first-order chi connectivity index (χ1) is 14.0. The van der Waals surface area contributed by atoms with E-state index in [9.17, 15) is 19.2 Å². The van der Waals surface area contributed by atoms with Gasteiger partial charge in [-0.15, -0.1) is 0 Å². The largest absolute Gasteiger partial charge is 0.455 e. The number of rotatable bonds is 8. The van der Waals surface area contributed by atoms with Crippen molar-refractivity contribution in [3.63, 3.8) is 0 Å². The molecule has 0 saturated heterocycles. The van der Waals surface area contributed by atoms with Crippen molar-refractivity contribution in [2.45, 2.75) is 19.4 Å². The Morgan fingerprint density at radius 3 is 2.17 bits per heavy atom. The average molecular weight is 397 g/mol. The molecule has 4 amide bonds. The average Bonchev–Trinajstić information content (AvgIpc) is 2.73. The number of benzene rings is 2. The minimum atomic E-state index is -0.742. The van der Waals surface area contributed by atoms with Crippen molar-refractivity contribution in [2.24, 2.45) is 0 Å². The monoisotopic (exact) mass is 397 g/mol. The zero-order chi connectivity index (χ0) is 21.1. The van der Waals surface area contributed by atoms with E-state index in [2.05, 4.69) is 10.6 Å². The van der Waals surface area contributed by atoms with Crippen LogP contribution in [0.5, 0.6) is 0 Å². The first-order valence-electron chi connectivity index (χ1n) is 9.13. The maximum Gasteiger partial charge on any atom is 0.321 e. The Labute approximate surface area is 168 Å². The van der Waals surface area contributed by atoms with Crippen LogP contribution in [-0.4, -0.2) is 37.0 Å². The number of imide groups is 1. The lowest BCUT2D eigenvalue weighted by Crippen LogP contribution is -2.41. The third kappa shape index (κ3) is 7.45. The number of hydrogen-bond donors (Lipinski definition) is 3. The topological polar surface area (TPSA) is 114 Å². The highest BCUT2D eigenvalue weighted by Crippen LogP contribution is 2.18. The van der Waals surface area contributed by atoms with Gasteiger partial charge in [-0.25, -0.2) is 4.79 Å². The summed E-state index contributed by atoms with van der Waals surface area (Å²) in [5.41, 5.74) is 1.18. The van der Waals surface area contributed by atoms with Crippen LogP contribution in [0.3, 0.4) is 0 Å². The molecule has 3 N–H and O–H groups in total. The molecule has 0 aliphatic rings. The molecule has 0 aliphatic carbocycles. The van der Waals surface area contributed by atoms with Gasteiger partial charge >= 0.3 is 12.0 Å². The fourth-order valence-electron chi connectivity index (χ4n) is 2.51. The van der Waals surface area contributed by atoms with E-state index in [0.717, 1.165) is 5.56 Å². The normalized spacial score (nSPS) is 11.1. The van der Waals surface area contributed by atoms with Crippen LogP contribution in [0, 0.1) is 0 Å². The lowest BCUT2D eigenvalue weighted by atomic mass is 10.0. The summed E-state index contributed by atoms with van der Waals surface area (Å²) in [6, 6.07) is 16.3. The van der Waals surface area contributed by atoms with Crippen molar-refractivity contribution in [3.8, 4) is 0 Å². The Morgan fingerprint density at radius 2 is 1.55 bits per heavy atom. The van der Waals surface area contributed by atoms with E-state index in [1.807, 2.05) is 11.4 Å². The Hall–Kier alpha value is -3.68. The molecule has 0 saturated carbocycles. The molecule has 0 spiro atoms. The predicted octanol–water partition coefficient (Wildman–Crippen LogP) is 1.94. The summed E-state index contributed by atoms with van der Waals surface area (Å²) in [6.07, 6.45) is -0.170. The van der Waals surface area contributed by atoms with Crippen LogP contribution in [-0.2, 0) is 14.3 Å². The maximum absolute atomic E-state index is 12.5. The van der Waals surface area contributed by atoms with E-state index >= 15 is 0 Å². The summed E-state index contributed by atoms with van der Waals surface area (Å²) in [6.45, 7) is 1.47. The van der Waals surface area contributed by atoms with Crippen molar-refractivity contribution >= 4 is 23.8 Å². The number of amides is 4. The van der Waals surface area contributed by atoms with Gasteiger partial charge in [0.1, 0.15) is 0 Å². The Balaban J connectivity index is 1.97. The Morgan fingerprint density at radius 1 is 0.931 bits per heavy atom. The van der Waals surface area contributed by atoms with Crippen LogP contribution in [0.1, 0.15) is 35.3 Å². The molecule has 0 bridgehead atoms. The number of esters is 1. The second-order valence-corrected chi connectivity index (χ2v) is 6.08. The summed E-state index contributed by atoms with van der Waals surface area (Å²) in [4.78, 5) is 47.6. The Bertz CT molecular complexity index is 840. The van der Waals surface area contributed by atoms with Gasteiger partial charge < -0.3 is 15.4 Å². The van der Waals surface area contributed by atoms with Crippen LogP contribution in [0.2, 0.25) is 0 Å². The quantitative estimate of drug-likeness (QED) is 0.589. The number of carbonyl (C=O) groups is 4. The fourth-order valence-corrected chi connectivity index (χ4v) is 2.51. The van der Waals surface area contributed by atoms with Crippen LogP contribution in [0.4, 0.5) is 4.79 Å². The van der Waals surface area contributed by atoms with Crippen LogP contribution in [0.25, 0.3) is 0 Å². The zero-order valence-electron chi connectivity index (χ0n) is 16.0. The van der Waals surface area contributed by atoms with E-state index in [-0.39, 0.29) is 12.3 Å². The van der Waals surface area contributed by atoms with Crippen LogP contribution < -0.4 is 16.0 Å². The van der Waals surface area contributed by atoms with Gasteiger partial charge in [-0.2, -0.15) is 0 Å². The first kappa shape index (κ1) is 21.6. The lowest BCUT2D eigenvalue weighted by Gasteiger charge is -2.18. The molecule has 0 radical (unpaired) electrons. The minimum Gasteiger partial charge on any atom is -0.455 e. The fraction of sp³-hybridized carbons (Fsp3) is 0.238. The van der Waals surface area contributed by atoms with Gasteiger partial charge in [-0.1, -0.05) is 48.5 Å². The molecular weight excluding hydrogens is 374 g/mol. The molecule has 29 heavy (non-hydrogen) atoms. The molecule has 152 valence electrons. The summed E-state index contributed by atoms with van der Waals surface area (Å²) >= 11 is 0. The SMILES string of the molecule is CCNC(=O)NC(=O)COC(=O)C[C@H](NC(=O)c1ccccc1)c1ccccc1. The molecule has 8 nitrogen and oxygen atoms in total. The second kappa shape index (κ2) is 11.2. The van der Waals surface area contributed by atoms with Gasteiger partial charge in [-0.05, 0) is 24.6 Å². The van der Waals surface area contributed by atoms with E-state index < -0.39 is 30.6 Å². The van der Waals surface area contributed by atoms with Crippen LogP contribution >= 0.6 is 0 Å². The third-order valence-corrected chi connectivity index (χ3v) is 3.87. The van der Waals surface area contributed by atoms with E-state index in [4.69, 9.17) is 4.74 Å². The number of ether oxygens (including phenoxy) is 1. The molecule has 8 heteroatoms. The highest BCUT2D eigenvalue weighted by atomic mass is 16.5. The second-order valence-electron chi connectivity index (χ2n) is 6.08. The van der Waals surface area contributed by atoms with E-state index in [0.29, 0.717) is 12.1 Å². The van der Waals surface area contributed by atoms with Crippen LogP contribution in [0.15, 0.2) is 60.7 Å². The zero-order valence-corrected chi connectivity index (χ0v) is 16.0. The van der Waals surface area contributed by atoms with Gasteiger partial charge in [-0.3, -0.25) is 19.7 Å². The molecule has 0 heterocycles. The van der Waals surface area contributed by atoms with Crippen molar-refractivity contribution in [1.82, 2.24) is 16.0 Å². The molecule has 0 fully saturated rings. The van der Waals surface area contributed by atoms with Gasteiger partial charge in [0.25, 0.3) is 11.8 Å². The summed E-state index contributed by atoms with van der Waals surface area (Å²) in [5.74, 6) is -1.76. The smallest absolute Gasteiger partial charge is 0.321 e. The minimum absolute atomic E-state index is 0.170. The summed E-state index contributed by atoms with van der Waals surface area (Å²) < 4.78 is 4.94. The van der Waals surface area contributed by atoms with E-state index in [1.54, 1.807) is 61.5 Å². The molecule has 0 aliphatic heterocycles. The first-order valence-corrected chi connectivity index (χ1v) is 9.13. The standard InChI is InChI=1S/C21H23N3O5/c1-2-22-21(28)24-18(25)14-29-19(26)13-17(15-9-5-3-6-10-15)23-20(27)16-11-7-4-8-12-16/h3-12,17H,2,13-14H2,1H3,(H,23,27)(H2,22,24,25,28)/t17-/m0/s1. The maximum atomic E-state index is 12.5. The van der Waals surface area contributed by atoms with Crippen molar-refractivity contribution in [2.75, 3.05) is 13.2 Å².